The Balaban J connectivity index is 1.85. The molecule has 1 saturated heterocycles. The van der Waals surface area contributed by atoms with Crippen LogP contribution in [0.15, 0.2) is 46.6 Å². The molecule has 1 aliphatic rings. The molecule has 1 aromatic carbocycles. The number of carbonyl (C=O) groups excluding carboxylic acids is 2. The van der Waals surface area contributed by atoms with Crippen molar-refractivity contribution in [3.63, 3.8) is 0 Å². The van der Waals surface area contributed by atoms with Gasteiger partial charge in [0.15, 0.2) is 5.17 Å². The maximum absolute atomic E-state index is 12.1. The van der Waals surface area contributed by atoms with Crippen molar-refractivity contribution in [1.82, 2.24) is 10.6 Å². The number of nitrogens with one attached hydrogen (secondary N) is 2. The Morgan fingerprint density at radius 2 is 2.03 bits per heavy atom. The molecule has 0 radical (unpaired) electrons. The molecule has 2 rings (SSSR count). The minimum atomic E-state index is -1.09. The highest BCUT2D eigenvalue weighted by atomic mass is 32.2. The number of aliphatic carboxylic acids is 1. The number of carboxylic acid groups (broad SMARTS) is 1. The van der Waals surface area contributed by atoms with Crippen molar-refractivity contribution in [1.29, 1.82) is 0 Å². The SMILES string of the molecule is CC(C)CC(NC(=O)CC1S/C(=N/N=C/C=C/c2ccccc2)NC1=O)C(=O)O. The number of thioether (sulfide) groups is 1. The summed E-state index contributed by atoms with van der Waals surface area (Å²) >= 11 is 1.09. The lowest BCUT2D eigenvalue weighted by molar-refractivity contribution is -0.142. The zero-order valence-corrected chi connectivity index (χ0v) is 17.1. The fourth-order valence-corrected chi connectivity index (χ4v) is 3.47. The molecule has 0 aromatic heterocycles. The first-order chi connectivity index (χ1) is 13.8. The smallest absolute Gasteiger partial charge is 0.326 e. The molecular weight excluding hydrogens is 392 g/mol. The number of allylic oxidation sites excluding steroid dienone is 1. The van der Waals surface area contributed by atoms with Gasteiger partial charge in [-0.1, -0.05) is 62.0 Å². The zero-order chi connectivity index (χ0) is 21.2. The number of rotatable bonds is 9. The van der Waals surface area contributed by atoms with Gasteiger partial charge in [0, 0.05) is 12.6 Å². The van der Waals surface area contributed by atoms with Crippen LogP contribution in [0.2, 0.25) is 0 Å². The quantitative estimate of drug-likeness (QED) is 0.421. The van der Waals surface area contributed by atoms with Gasteiger partial charge in [-0.15, -0.1) is 5.10 Å². The van der Waals surface area contributed by atoms with E-state index in [1.54, 1.807) is 6.08 Å². The minimum Gasteiger partial charge on any atom is -0.480 e. The summed E-state index contributed by atoms with van der Waals surface area (Å²) < 4.78 is 0. The first kappa shape index (κ1) is 22.4. The molecule has 1 aliphatic heterocycles. The lowest BCUT2D eigenvalue weighted by Gasteiger charge is -2.17. The third-order valence-electron chi connectivity index (χ3n) is 3.88. The van der Waals surface area contributed by atoms with Gasteiger partial charge in [0.05, 0.1) is 0 Å². The van der Waals surface area contributed by atoms with Crippen LogP contribution in [0, 0.1) is 5.92 Å². The summed E-state index contributed by atoms with van der Waals surface area (Å²) in [4.78, 5) is 35.4. The van der Waals surface area contributed by atoms with Crippen molar-refractivity contribution >= 4 is 47.0 Å². The highest BCUT2D eigenvalue weighted by Gasteiger charge is 2.33. The standard InChI is InChI=1S/C20H24N4O4S/c1-13(2)11-15(19(27)28)22-17(25)12-16-18(26)23-20(29-16)24-21-10-6-9-14-7-4-3-5-8-14/h3-10,13,15-16H,11-12H2,1-2H3,(H,22,25)(H,27,28)(H,23,24,26)/b9-6+,21-10+. The summed E-state index contributed by atoms with van der Waals surface area (Å²) in [6.45, 7) is 3.75. The molecule has 0 aliphatic carbocycles. The summed E-state index contributed by atoms with van der Waals surface area (Å²) in [6.07, 6.45) is 5.29. The maximum Gasteiger partial charge on any atom is 0.326 e. The average molecular weight is 417 g/mol. The van der Waals surface area contributed by atoms with E-state index in [-0.39, 0.29) is 18.2 Å². The largest absolute Gasteiger partial charge is 0.480 e. The predicted molar refractivity (Wildman–Crippen MR) is 115 cm³/mol. The Labute approximate surface area is 173 Å². The van der Waals surface area contributed by atoms with Gasteiger partial charge < -0.3 is 15.7 Å². The van der Waals surface area contributed by atoms with Crippen molar-refractivity contribution in [3.8, 4) is 0 Å². The highest BCUT2D eigenvalue weighted by molar-refractivity contribution is 8.15. The van der Waals surface area contributed by atoms with Gasteiger partial charge in [-0.2, -0.15) is 5.10 Å². The van der Waals surface area contributed by atoms with Crippen LogP contribution in [0.4, 0.5) is 0 Å². The molecule has 0 spiro atoms. The first-order valence-corrected chi connectivity index (χ1v) is 10.1. The van der Waals surface area contributed by atoms with Gasteiger partial charge in [-0.05, 0) is 24.0 Å². The van der Waals surface area contributed by atoms with E-state index in [0.29, 0.717) is 11.6 Å². The maximum atomic E-state index is 12.1. The van der Waals surface area contributed by atoms with E-state index >= 15 is 0 Å². The average Bonchev–Trinajstić information content (AvgIpc) is 3.00. The van der Waals surface area contributed by atoms with E-state index in [1.165, 1.54) is 6.21 Å². The summed E-state index contributed by atoms with van der Waals surface area (Å²) in [7, 11) is 0. The Morgan fingerprint density at radius 1 is 1.31 bits per heavy atom. The molecule has 2 amide bonds. The number of hydrogen-bond donors (Lipinski definition) is 3. The Kier molecular flexibility index (Phi) is 8.60. The fraction of sp³-hybridized carbons (Fsp3) is 0.350. The van der Waals surface area contributed by atoms with Crippen LogP contribution in [0.25, 0.3) is 6.08 Å². The molecular formula is C20H24N4O4S. The molecule has 1 fully saturated rings. The third kappa shape index (κ3) is 7.90. The number of carbonyl (C=O) groups is 3. The van der Waals surface area contributed by atoms with Crippen LogP contribution < -0.4 is 10.6 Å². The molecule has 3 N–H and O–H groups in total. The molecule has 2 unspecified atom stereocenters. The topological polar surface area (TPSA) is 120 Å². The van der Waals surface area contributed by atoms with E-state index in [1.807, 2.05) is 50.3 Å². The van der Waals surface area contributed by atoms with Crippen LogP contribution in [0.1, 0.15) is 32.3 Å². The van der Waals surface area contributed by atoms with Gasteiger partial charge in [0.25, 0.3) is 0 Å². The molecule has 29 heavy (non-hydrogen) atoms. The number of amidine groups is 1. The summed E-state index contributed by atoms with van der Waals surface area (Å²) in [5, 5.41) is 21.7. The van der Waals surface area contributed by atoms with Crippen molar-refractivity contribution in [2.45, 2.75) is 38.0 Å². The predicted octanol–water partition coefficient (Wildman–Crippen LogP) is 2.28. The molecule has 1 aromatic rings. The number of benzene rings is 1. The molecule has 154 valence electrons. The monoisotopic (exact) mass is 416 g/mol. The van der Waals surface area contributed by atoms with Crippen LogP contribution >= 0.6 is 11.8 Å². The van der Waals surface area contributed by atoms with Crippen molar-refractivity contribution in [2.24, 2.45) is 16.1 Å². The van der Waals surface area contributed by atoms with Gasteiger partial charge in [0.2, 0.25) is 11.8 Å². The van der Waals surface area contributed by atoms with Gasteiger partial charge >= 0.3 is 5.97 Å². The Hall–Kier alpha value is -2.94. The van der Waals surface area contributed by atoms with E-state index in [9.17, 15) is 19.5 Å². The van der Waals surface area contributed by atoms with Crippen LogP contribution in [0.5, 0.6) is 0 Å². The normalized spacial score (nSPS) is 19.2. The number of carboxylic acids is 1. The van der Waals surface area contributed by atoms with E-state index in [0.717, 1.165) is 17.3 Å². The van der Waals surface area contributed by atoms with Crippen LogP contribution in [0.3, 0.4) is 0 Å². The summed E-state index contributed by atoms with van der Waals surface area (Å²) in [5.74, 6) is -1.81. The second-order valence-electron chi connectivity index (χ2n) is 6.83. The highest BCUT2D eigenvalue weighted by Crippen LogP contribution is 2.22. The van der Waals surface area contributed by atoms with E-state index < -0.39 is 23.2 Å². The Morgan fingerprint density at radius 3 is 2.69 bits per heavy atom. The minimum absolute atomic E-state index is 0.119. The molecule has 0 bridgehead atoms. The molecule has 8 nitrogen and oxygen atoms in total. The second-order valence-corrected chi connectivity index (χ2v) is 8.02. The Bertz CT molecular complexity index is 821. The number of amides is 2. The molecule has 1 heterocycles. The van der Waals surface area contributed by atoms with E-state index in [2.05, 4.69) is 20.8 Å². The molecule has 9 heteroatoms. The first-order valence-electron chi connectivity index (χ1n) is 9.17. The third-order valence-corrected chi connectivity index (χ3v) is 4.95. The zero-order valence-electron chi connectivity index (χ0n) is 16.2. The second kappa shape index (κ2) is 11.2. The van der Waals surface area contributed by atoms with Gasteiger partial charge in [-0.25, -0.2) is 4.79 Å². The van der Waals surface area contributed by atoms with E-state index in [4.69, 9.17) is 0 Å². The lowest BCUT2D eigenvalue weighted by atomic mass is 10.0. The number of hydrogen-bond acceptors (Lipinski definition) is 6. The number of nitrogens with zero attached hydrogens (tertiary/aromatic N) is 2. The van der Waals surface area contributed by atoms with Crippen molar-refractivity contribution < 1.29 is 19.5 Å². The van der Waals surface area contributed by atoms with Crippen molar-refractivity contribution in [2.75, 3.05) is 0 Å². The van der Waals surface area contributed by atoms with Crippen LogP contribution in [-0.2, 0) is 14.4 Å². The summed E-state index contributed by atoms with van der Waals surface area (Å²) in [5.41, 5.74) is 1.03. The fourth-order valence-electron chi connectivity index (χ4n) is 2.54. The lowest BCUT2D eigenvalue weighted by Crippen LogP contribution is -2.43. The summed E-state index contributed by atoms with van der Waals surface area (Å²) in [6, 6.07) is 8.73. The van der Waals surface area contributed by atoms with Crippen LogP contribution in [-0.4, -0.2) is 45.6 Å². The molecule has 2 atom stereocenters. The van der Waals surface area contributed by atoms with Gasteiger partial charge in [-0.3, -0.25) is 9.59 Å². The van der Waals surface area contributed by atoms with Crippen molar-refractivity contribution in [3.05, 3.63) is 42.0 Å². The van der Waals surface area contributed by atoms with Gasteiger partial charge in [0.1, 0.15) is 11.3 Å². The molecule has 0 saturated carbocycles.